The Balaban J connectivity index is 2.73. The van der Waals surface area contributed by atoms with Crippen LogP contribution >= 0.6 is 0 Å². The third kappa shape index (κ3) is 3.47. The van der Waals surface area contributed by atoms with Crippen molar-refractivity contribution >= 4 is 0 Å². The van der Waals surface area contributed by atoms with Crippen LogP contribution in [0.2, 0.25) is 0 Å². The highest BCUT2D eigenvalue weighted by Crippen LogP contribution is 2.16. The zero-order chi connectivity index (χ0) is 11.9. The Kier molecular flexibility index (Phi) is 5.23. The summed E-state index contributed by atoms with van der Waals surface area (Å²) in [5, 5.41) is 3.49. The van der Waals surface area contributed by atoms with Gasteiger partial charge in [0.1, 0.15) is 0 Å². The molecule has 3 N–H and O–H groups in total. The van der Waals surface area contributed by atoms with Crippen molar-refractivity contribution in [2.24, 2.45) is 5.73 Å². The molecule has 0 saturated carbocycles. The molecular formula is C14H22N2. The first-order valence-electron chi connectivity index (χ1n) is 5.86. The molecule has 0 radical (unpaired) electrons. The number of hydrogen-bond donors (Lipinski definition) is 2. The highest BCUT2D eigenvalue weighted by molar-refractivity contribution is 5.18. The zero-order valence-electron chi connectivity index (χ0n) is 10.1. The van der Waals surface area contributed by atoms with Gasteiger partial charge in [-0.15, -0.1) is 6.58 Å². The quantitative estimate of drug-likeness (QED) is 0.688. The van der Waals surface area contributed by atoms with Crippen LogP contribution < -0.4 is 11.1 Å². The highest BCUT2D eigenvalue weighted by atomic mass is 15.0. The molecule has 1 atom stereocenters. The minimum Gasteiger partial charge on any atom is -0.329 e. The van der Waals surface area contributed by atoms with E-state index in [9.17, 15) is 0 Å². The Morgan fingerprint density at radius 3 is 2.56 bits per heavy atom. The maximum atomic E-state index is 5.91. The van der Waals surface area contributed by atoms with E-state index in [0.717, 1.165) is 19.4 Å². The molecule has 2 heteroatoms. The second-order valence-electron chi connectivity index (χ2n) is 4.17. The summed E-state index contributed by atoms with van der Waals surface area (Å²) in [7, 11) is 0. The highest BCUT2D eigenvalue weighted by Gasteiger charge is 2.25. The number of nitrogens with two attached hydrogens (primary N) is 1. The fourth-order valence-electron chi connectivity index (χ4n) is 1.88. The normalized spacial score (nSPS) is 14.4. The van der Waals surface area contributed by atoms with Gasteiger partial charge in [0.05, 0.1) is 0 Å². The van der Waals surface area contributed by atoms with Gasteiger partial charge in [-0.25, -0.2) is 0 Å². The fraction of sp³-hybridized carbons (Fsp3) is 0.429. The van der Waals surface area contributed by atoms with Gasteiger partial charge in [0.25, 0.3) is 0 Å². The molecule has 0 spiro atoms. The van der Waals surface area contributed by atoms with E-state index < -0.39 is 0 Å². The lowest BCUT2D eigenvalue weighted by atomic mass is 9.88. The van der Waals surface area contributed by atoms with E-state index in [2.05, 4.69) is 43.1 Å². The van der Waals surface area contributed by atoms with Crippen LogP contribution in [-0.2, 0) is 6.42 Å². The number of rotatable bonds is 7. The molecule has 0 saturated heterocycles. The van der Waals surface area contributed by atoms with E-state index in [1.807, 2.05) is 12.1 Å². The molecular weight excluding hydrogens is 196 g/mol. The summed E-state index contributed by atoms with van der Waals surface area (Å²) in [6, 6.07) is 10.5. The van der Waals surface area contributed by atoms with Crippen LogP contribution in [0.25, 0.3) is 0 Å². The fourth-order valence-corrected chi connectivity index (χ4v) is 1.88. The summed E-state index contributed by atoms with van der Waals surface area (Å²) in [4.78, 5) is 0. The molecule has 1 aromatic carbocycles. The summed E-state index contributed by atoms with van der Waals surface area (Å²) in [6.07, 6.45) is 3.87. The Morgan fingerprint density at radius 1 is 1.38 bits per heavy atom. The first-order valence-corrected chi connectivity index (χ1v) is 5.86. The van der Waals surface area contributed by atoms with Crippen LogP contribution in [0.5, 0.6) is 0 Å². The van der Waals surface area contributed by atoms with E-state index in [4.69, 9.17) is 5.73 Å². The maximum Gasteiger partial charge on any atom is 0.0344 e. The van der Waals surface area contributed by atoms with Crippen LogP contribution in [0.15, 0.2) is 43.0 Å². The summed E-state index contributed by atoms with van der Waals surface area (Å²) in [5.41, 5.74) is 7.23. The molecule has 1 aromatic rings. The summed E-state index contributed by atoms with van der Waals surface area (Å²) >= 11 is 0. The van der Waals surface area contributed by atoms with Gasteiger partial charge in [-0.1, -0.05) is 43.3 Å². The van der Waals surface area contributed by atoms with Crippen molar-refractivity contribution in [3.63, 3.8) is 0 Å². The van der Waals surface area contributed by atoms with Crippen molar-refractivity contribution in [2.75, 3.05) is 13.1 Å². The van der Waals surface area contributed by atoms with Crippen molar-refractivity contribution in [2.45, 2.75) is 25.3 Å². The van der Waals surface area contributed by atoms with Crippen LogP contribution in [0.1, 0.15) is 18.9 Å². The summed E-state index contributed by atoms with van der Waals surface area (Å²) in [6.45, 7) is 7.36. The van der Waals surface area contributed by atoms with Gasteiger partial charge in [-0.3, -0.25) is 0 Å². The molecule has 0 aliphatic carbocycles. The first kappa shape index (κ1) is 12.9. The van der Waals surface area contributed by atoms with Crippen LogP contribution in [0.4, 0.5) is 0 Å². The molecule has 0 aliphatic heterocycles. The van der Waals surface area contributed by atoms with Gasteiger partial charge >= 0.3 is 0 Å². The monoisotopic (exact) mass is 218 g/mol. The van der Waals surface area contributed by atoms with Crippen LogP contribution in [-0.4, -0.2) is 18.6 Å². The molecule has 88 valence electrons. The predicted molar refractivity (Wildman–Crippen MR) is 70.4 cm³/mol. The first-order chi connectivity index (χ1) is 7.76. The Labute approximate surface area is 98.6 Å². The van der Waals surface area contributed by atoms with E-state index in [1.165, 1.54) is 5.56 Å². The van der Waals surface area contributed by atoms with Crippen molar-refractivity contribution in [1.82, 2.24) is 5.32 Å². The van der Waals surface area contributed by atoms with Crippen LogP contribution in [0, 0.1) is 0 Å². The summed E-state index contributed by atoms with van der Waals surface area (Å²) < 4.78 is 0. The largest absolute Gasteiger partial charge is 0.329 e. The lowest BCUT2D eigenvalue weighted by molar-refractivity contribution is 0.331. The lowest BCUT2D eigenvalue weighted by Gasteiger charge is -2.32. The van der Waals surface area contributed by atoms with E-state index in [0.29, 0.717) is 6.54 Å². The molecule has 0 aromatic heterocycles. The Morgan fingerprint density at radius 2 is 2.06 bits per heavy atom. The van der Waals surface area contributed by atoms with Crippen molar-refractivity contribution in [3.05, 3.63) is 48.6 Å². The van der Waals surface area contributed by atoms with Gasteiger partial charge < -0.3 is 11.1 Å². The third-order valence-electron chi connectivity index (χ3n) is 3.07. The zero-order valence-corrected chi connectivity index (χ0v) is 10.1. The standard InChI is InChI=1S/C14H22N2/c1-3-10-16-14(4-2,12-15)11-13-8-6-5-7-9-13/h3,5-9,16H,1,4,10-12,15H2,2H3. The van der Waals surface area contributed by atoms with Gasteiger partial charge in [-0.2, -0.15) is 0 Å². The third-order valence-corrected chi connectivity index (χ3v) is 3.07. The maximum absolute atomic E-state index is 5.91. The number of nitrogens with one attached hydrogen (secondary N) is 1. The van der Waals surface area contributed by atoms with Gasteiger partial charge in [-0.05, 0) is 18.4 Å². The second-order valence-corrected chi connectivity index (χ2v) is 4.17. The van der Waals surface area contributed by atoms with Crippen molar-refractivity contribution in [1.29, 1.82) is 0 Å². The SMILES string of the molecule is C=CCNC(CC)(CN)Cc1ccccc1. The molecule has 16 heavy (non-hydrogen) atoms. The second kappa shape index (κ2) is 6.46. The van der Waals surface area contributed by atoms with Crippen molar-refractivity contribution in [3.8, 4) is 0 Å². The van der Waals surface area contributed by atoms with E-state index in [1.54, 1.807) is 0 Å². The molecule has 1 rings (SSSR count). The van der Waals surface area contributed by atoms with Gasteiger partial charge in [0, 0.05) is 18.6 Å². The average Bonchev–Trinajstić information content (AvgIpc) is 2.36. The lowest BCUT2D eigenvalue weighted by Crippen LogP contribution is -2.52. The number of benzene rings is 1. The molecule has 1 unspecified atom stereocenters. The molecule has 0 bridgehead atoms. The summed E-state index contributed by atoms with van der Waals surface area (Å²) in [5.74, 6) is 0. The molecule has 0 amide bonds. The average molecular weight is 218 g/mol. The smallest absolute Gasteiger partial charge is 0.0344 e. The topological polar surface area (TPSA) is 38.0 Å². The molecule has 0 heterocycles. The molecule has 2 nitrogen and oxygen atoms in total. The van der Waals surface area contributed by atoms with Gasteiger partial charge in [0.2, 0.25) is 0 Å². The van der Waals surface area contributed by atoms with Crippen molar-refractivity contribution < 1.29 is 0 Å². The van der Waals surface area contributed by atoms with E-state index in [-0.39, 0.29) is 5.54 Å². The minimum absolute atomic E-state index is 0.00442. The Bertz CT molecular complexity index is 302. The molecule has 0 aliphatic rings. The Hall–Kier alpha value is -1.12. The van der Waals surface area contributed by atoms with Gasteiger partial charge in [0.15, 0.2) is 0 Å². The minimum atomic E-state index is -0.00442. The predicted octanol–water partition coefficient (Wildman–Crippen LogP) is 2.11. The number of hydrogen-bond acceptors (Lipinski definition) is 2. The molecule has 0 fully saturated rings. The van der Waals surface area contributed by atoms with E-state index >= 15 is 0 Å². The van der Waals surface area contributed by atoms with Crippen LogP contribution in [0.3, 0.4) is 0 Å².